The summed E-state index contributed by atoms with van der Waals surface area (Å²) in [5.74, 6) is -0.970. The van der Waals surface area contributed by atoms with Crippen LogP contribution in [0.3, 0.4) is 0 Å². The summed E-state index contributed by atoms with van der Waals surface area (Å²) >= 11 is 0. The number of rotatable bonds is 24. The van der Waals surface area contributed by atoms with E-state index in [1.165, 1.54) is 0 Å². The fraction of sp³-hybridized carbons (Fsp3) is 0.588. The summed E-state index contributed by atoms with van der Waals surface area (Å²) in [4.78, 5) is 59.6. The number of aryl methyl sites for hydroxylation is 3. The van der Waals surface area contributed by atoms with E-state index in [1.54, 1.807) is 19.0 Å². The van der Waals surface area contributed by atoms with Crippen molar-refractivity contribution < 1.29 is 55.2 Å². The molecule has 2 aliphatic rings. The first kappa shape index (κ1) is 54.9. The van der Waals surface area contributed by atoms with Gasteiger partial charge in [0.05, 0.1) is 36.8 Å². The molecule has 3 amide bonds. The van der Waals surface area contributed by atoms with Gasteiger partial charge in [-0.15, -0.1) is 0 Å². The Kier molecular flexibility index (Phi) is 19.6. The lowest BCUT2D eigenvalue weighted by Crippen LogP contribution is -2.45. The molecule has 12 N–H and O–H groups in total. The van der Waals surface area contributed by atoms with Crippen LogP contribution >= 0.6 is 0 Å². The molecule has 0 fully saturated rings. The molecule has 3 aromatic rings. The summed E-state index contributed by atoms with van der Waals surface area (Å²) in [5, 5.41) is 84.0. The largest absolute Gasteiger partial charge is 0.394 e. The maximum Gasteiger partial charge on any atom is 0.223 e. The van der Waals surface area contributed by atoms with Crippen molar-refractivity contribution in [2.75, 3.05) is 40.4 Å². The summed E-state index contributed by atoms with van der Waals surface area (Å²) in [6.07, 6.45) is -2.65. The smallest absolute Gasteiger partial charge is 0.223 e. The number of allylic oxidation sites excluding steroid dienone is 2. The van der Waals surface area contributed by atoms with Gasteiger partial charge in [0.15, 0.2) is 0 Å². The molecule has 5 heterocycles. The van der Waals surface area contributed by atoms with Gasteiger partial charge in [-0.2, -0.15) is 0 Å². The van der Waals surface area contributed by atoms with Crippen LogP contribution in [0.4, 0.5) is 0 Å². The highest BCUT2D eigenvalue weighted by atomic mass is 16.4. The Hall–Kier alpha value is -5.05. The molecular weight excluding hydrogens is 887 g/mol. The maximum atomic E-state index is 13.8. The van der Waals surface area contributed by atoms with Gasteiger partial charge in [-0.05, 0) is 98.2 Å². The van der Waals surface area contributed by atoms with E-state index in [-0.39, 0.29) is 57.0 Å². The highest BCUT2D eigenvalue weighted by Gasteiger charge is 2.45. The topological polar surface area (TPSA) is 298 Å². The second-order valence-corrected chi connectivity index (χ2v) is 19.2. The molecule has 3 aromatic heterocycles. The number of amides is 3. The number of aromatic amines is 2. The van der Waals surface area contributed by atoms with Crippen molar-refractivity contribution in [3.05, 3.63) is 69.8 Å². The molecule has 18 nitrogen and oxygen atoms in total. The average Bonchev–Trinajstić information content (AvgIpc) is 3.99. The monoisotopic (exact) mass is 962 g/mol. The average molecular weight is 962 g/mol. The summed E-state index contributed by atoms with van der Waals surface area (Å²) in [7, 11) is 3.52. The first-order valence-electron chi connectivity index (χ1n) is 24.2. The quantitative estimate of drug-likeness (QED) is 0.0576. The number of aliphatic hydroxyl groups excluding tert-OH is 8. The normalized spacial score (nSPS) is 18.6. The van der Waals surface area contributed by atoms with E-state index in [2.05, 4.69) is 40.5 Å². The molecular formula is C51H75N7O11. The van der Waals surface area contributed by atoms with E-state index in [9.17, 15) is 55.2 Å². The number of nitrogens with one attached hydrogen (secondary N) is 4. The Bertz CT molecular complexity index is 2470. The number of hydrogen-bond donors (Lipinski definition) is 12. The van der Waals surface area contributed by atoms with Gasteiger partial charge in [0.1, 0.15) is 24.4 Å². The number of nitrogens with zero attached hydrogens (tertiary/aromatic N) is 3. The predicted molar refractivity (Wildman–Crippen MR) is 264 cm³/mol. The molecule has 5 rings (SSSR count). The lowest BCUT2D eigenvalue weighted by molar-refractivity contribution is -0.130. The van der Waals surface area contributed by atoms with Crippen LogP contribution in [-0.2, 0) is 26.2 Å². The predicted octanol–water partition coefficient (Wildman–Crippen LogP) is 2.84. The van der Waals surface area contributed by atoms with Crippen LogP contribution in [0.15, 0.2) is 30.3 Å². The summed E-state index contributed by atoms with van der Waals surface area (Å²) in [6.45, 7) is 7.98. The fourth-order valence-corrected chi connectivity index (χ4v) is 9.21. The van der Waals surface area contributed by atoms with Crippen LogP contribution in [0, 0.1) is 13.8 Å². The van der Waals surface area contributed by atoms with Crippen molar-refractivity contribution in [1.29, 1.82) is 0 Å². The third-order valence-electron chi connectivity index (χ3n) is 13.8. The zero-order valence-corrected chi connectivity index (χ0v) is 41.2. The zero-order chi connectivity index (χ0) is 50.7. The van der Waals surface area contributed by atoms with Gasteiger partial charge in [-0.3, -0.25) is 19.4 Å². The second-order valence-electron chi connectivity index (χ2n) is 19.2. The molecule has 0 saturated heterocycles. The minimum absolute atomic E-state index is 0.0208. The number of carbonyl (C=O) groups is 3. The van der Waals surface area contributed by atoms with E-state index >= 15 is 0 Å². The third-order valence-corrected chi connectivity index (χ3v) is 13.8. The van der Waals surface area contributed by atoms with Crippen LogP contribution in [0.1, 0.15) is 130 Å². The third kappa shape index (κ3) is 13.6. The number of fused-ring (bicyclic) bond motifs is 8. The summed E-state index contributed by atoms with van der Waals surface area (Å²) in [6, 6.07) is 9.98. The van der Waals surface area contributed by atoms with Crippen LogP contribution in [0.5, 0.6) is 0 Å². The highest BCUT2D eigenvalue weighted by molar-refractivity contribution is 5.94. The van der Waals surface area contributed by atoms with Crippen LogP contribution in [0.2, 0.25) is 0 Å². The first-order valence-corrected chi connectivity index (χ1v) is 24.2. The first-order chi connectivity index (χ1) is 32.7. The zero-order valence-electron chi connectivity index (χ0n) is 41.2. The Labute approximate surface area is 404 Å². The molecule has 0 aromatic carbocycles. The van der Waals surface area contributed by atoms with Crippen LogP contribution in [0.25, 0.3) is 33.2 Å². The Morgan fingerprint density at radius 2 is 1.33 bits per heavy atom. The van der Waals surface area contributed by atoms with Crippen molar-refractivity contribution in [3.63, 3.8) is 0 Å². The molecule has 0 unspecified atom stereocenters. The molecule has 0 radical (unpaired) electrons. The van der Waals surface area contributed by atoms with Gasteiger partial charge in [-0.1, -0.05) is 46.0 Å². The standard InChI is InChI=1S/C51H75N7O11/c1-8-9-10-11-12-13-34-40-20-35-28(2)18-31(54-35)19-36-29(3)32(14-16-46(65)52-24-41(61)49(68)43(63)26-59)38(55-36)21-39-33(15-17-47(66)53-25-42(62)50(69)44(64)27-60)30(4)37(56-39)22-45(57-40)51(34,5)23-48(67)58(6)7/h18-22,34,41-44,49-50,54,56,59-64,68-69H,8-17,23-27H2,1-7H3,(H,52,65)(H,53,66)/t34-,41-,42-,43-,44-,49+,50+,51+/m0/s1. The minimum atomic E-state index is -1.67. The van der Waals surface area contributed by atoms with Crippen molar-refractivity contribution >= 4 is 50.9 Å². The number of carbonyl (C=O) groups excluding carboxylic acids is 3. The molecule has 2 aliphatic heterocycles. The lowest BCUT2D eigenvalue weighted by atomic mass is 9.70. The number of aliphatic hydroxyl groups is 8. The van der Waals surface area contributed by atoms with Gasteiger partial charge in [-0.25, -0.2) is 4.98 Å². The molecule has 0 spiro atoms. The molecule has 8 bridgehead atoms. The van der Waals surface area contributed by atoms with Crippen molar-refractivity contribution in [3.8, 4) is 0 Å². The van der Waals surface area contributed by atoms with Crippen LogP contribution in [-0.4, -0.2) is 160 Å². The SMILES string of the molecule is CCCCCCC[C@H]1c2cc3[nH]c(cc4nc(cc5[nH]c(cc(n2)[C@]1(C)CC(=O)N(C)C)c(C)c5CCC(=O)NC[C@H](O)[C@@H](O)[C@@H](O)CO)C(CCC(=O)NC[C@H](O)[C@@H](O)[C@@H](O)CO)=C4C)cc3C. The number of hydrogen-bond acceptors (Lipinski definition) is 13. The van der Waals surface area contributed by atoms with E-state index < -0.39 is 67.1 Å². The molecule has 0 saturated carbocycles. The molecule has 380 valence electrons. The fourth-order valence-electron chi connectivity index (χ4n) is 9.21. The van der Waals surface area contributed by atoms with E-state index in [0.29, 0.717) is 22.4 Å². The van der Waals surface area contributed by atoms with Crippen LogP contribution < -0.4 is 10.6 Å². The maximum absolute atomic E-state index is 13.8. The minimum Gasteiger partial charge on any atom is -0.394 e. The number of H-pyrrole nitrogens is 2. The number of aromatic nitrogens is 4. The Balaban J connectivity index is 1.67. The summed E-state index contributed by atoms with van der Waals surface area (Å²) in [5.41, 5.74) is 9.35. The Morgan fingerprint density at radius 3 is 1.93 bits per heavy atom. The van der Waals surface area contributed by atoms with Crippen molar-refractivity contribution in [1.82, 2.24) is 35.5 Å². The van der Waals surface area contributed by atoms with E-state index in [1.807, 2.05) is 45.0 Å². The van der Waals surface area contributed by atoms with Gasteiger partial charge in [0.2, 0.25) is 17.7 Å². The second kappa shape index (κ2) is 24.7. The van der Waals surface area contributed by atoms with Gasteiger partial charge >= 0.3 is 0 Å². The van der Waals surface area contributed by atoms with Crippen molar-refractivity contribution in [2.24, 2.45) is 0 Å². The molecule has 69 heavy (non-hydrogen) atoms. The van der Waals surface area contributed by atoms with Gasteiger partial charge < -0.3 is 66.4 Å². The van der Waals surface area contributed by atoms with Gasteiger partial charge in [0, 0.05) is 91.2 Å². The van der Waals surface area contributed by atoms with E-state index in [0.717, 1.165) is 88.8 Å². The van der Waals surface area contributed by atoms with E-state index in [4.69, 9.17) is 9.97 Å². The molecule has 0 aliphatic carbocycles. The Morgan fingerprint density at radius 1 is 0.725 bits per heavy atom. The molecule has 18 heteroatoms. The highest BCUT2D eigenvalue weighted by Crippen LogP contribution is 2.48. The molecule has 8 atom stereocenters. The number of unbranched alkanes of at least 4 members (excludes halogenated alkanes) is 4. The lowest BCUT2D eigenvalue weighted by Gasteiger charge is -2.32. The van der Waals surface area contributed by atoms with Crippen molar-refractivity contribution in [2.45, 2.75) is 153 Å². The summed E-state index contributed by atoms with van der Waals surface area (Å²) < 4.78 is 0. The van der Waals surface area contributed by atoms with Gasteiger partial charge in [0.25, 0.3) is 0 Å².